The Hall–Kier alpha value is -1.12. The van der Waals surface area contributed by atoms with Gasteiger partial charge in [0.25, 0.3) is 0 Å². The normalized spacial score (nSPS) is 47.3. The van der Waals surface area contributed by atoms with Crippen molar-refractivity contribution in [2.45, 2.75) is 78.2 Å². The van der Waals surface area contributed by atoms with Gasteiger partial charge in [0.2, 0.25) is 0 Å². The average Bonchev–Trinajstić information content (AvgIpc) is 2.82. The van der Waals surface area contributed by atoms with Gasteiger partial charge in [0.15, 0.2) is 0 Å². The Morgan fingerprint density at radius 1 is 1.12 bits per heavy atom. The Kier molecular flexibility index (Phi) is 3.71. The Labute approximate surface area is 145 Å². The lowest BCUT2D eigenvalue weighted by Gasteiger charge is -2.57. The van der Waals surface area contributed by atoms with Gasteiger partial charge in [-0.05, 0) is 73.7 Å². The highest BCUT2D eigenvalue weighted by molar-refractivity contribution is 5.87. The van der Waals surface area contributed by atoms with E-state index in [1.54, 1.807) is 0 Å². The molecule has 4 aliphatic carbocycles. The molecule has 0 aromatic rings. The van der Waals surface area contributed by atoms with Gasteiger partial charge in [-0.2, -0.15) is 0 Å². The lowest BCUT2D eigenvalue weighted by molar-refractivity contribution is -0.148. The van der Waals surface area contributed by atoms with Crippen molar-refractivity contribution in [2.75, 3.05) is 0 Å². The minimum atomic E-state index is -0.162. The number of allylic oxidation sites excluding steroid dienone is 1. The second-order valence-electron chi connectivity index (χ2n) is 9.10. The van der Waals surface area contributed by atoms with Crippen LogP contribution in [-0.4, -0.2) is 17.9 Å². The van der Waals surface area contributed by atoms with E-state index in [1.807, 2.05) is 0 Å². The van der Waals surface area contributed by atoms with Crippen LogP contribution in [-0.2, 0) is 14.3 Å². The molecule has 3 unspecified atom stereocenters. The van der Waals surface area contributed by atoms with E-state index in [4.69, 9.17) is 4.74 Å². The van der Waals surface area contributed by atoms with Gasteiger partial charge < -0.3 is 4.74 Å². The zero-order valence-corrected chi connectivity index (χ0v) is 15.3. The summed E-state index contributed by atoms with van der Waals surface area (Å²) in [6, 6.07) is 0. The molecule has 0 saturated heterocycles. The smallest absolute Gasteiger partial charge is 0.303 e. The molecule has 0 amide bonds. The molecule has 6 atom stereocenters. The maximum Gasteiger partial charge on any atom is 0.303 e. The molecule has 0 heterocycles. The lowest BCUT2D eigenvalue weighted by atomic mass is 9.48. The largest absolute Gasteiger partial charge is 0.458 e. The van der Waals surface area contributed by atoms with Gasteiger partial charge >= 0.3 is 5.97 Å². The van der Waals surface area contributed by atoms with Crippen LogP contribution >= 0.6 is 0 Å². The lowest BCUT2D eigenvalue weighted by Crippen LogP contribution is -2.51. The first-order valence-electron chi connectivity index (χ1n) is 9.77. The molecule has 24 heavy (non-hydrogen) atoms. The molecule has 0 aromatic carbocycles. The van der Waals surface area contributed by atoms with E-state index in [0.717, 1.165) is 44.9 Å². The maximum absolute atomic E-state index is 12.5. The summed E-state index contributed by atoms with van der Waals surface area (Å²) in [7, 11) is 0. The van der Waals surface area contributed by atoms with Crippen LogP contribution in [0.2, 0.25) is 0 Å². The van der Waals surface area contributed by atoms with Crippen LogP contribution in [0.5, 0.6) is 0 Å². The van der Waals surface area contributed by atoms with Crippen LogP contribution < -0.4 is 0 Å². The molecule has 4 aliphatic rings. The zero-order chi connectivity index (χ0) is 17.1. The number of fused-ring (bicyclic) bond motifs is 5. The van der Waals surface area contributed by atoms with E-state index >= 15 is 0 Å². The Balaban J connectivity index is 1.67. The highest BCUT2D eigenvalue weighted by Crippen LogP contribution is 2.64. The first-order chi connectivity index (χ1) is 11.4. The predicted molar refractivity (Wildman–Crippen MR) is 92.3 cm³/mol. The van der Waals surface area contributed by atoms with Crippen LogP contribution in [0.15, 0.2) is 11.6 Å². The monoisotopic (exact) mass is 330 g/mol. The van der Waals surface area contributed by atoms with Crippen molar-refractivity contribution in [1.82, 2.24) is 0 Å². The van der Waals surface area contributed by atoms with Crippen molar-refractivity contribution in [3.8, 4) is 0 Å². The van der Waals surface area contributed by atoms with Crippen molar-refractivity contribution < 1.29 is 14.3 Å². The number of hydrogen-bond acceptors (Lipinski definition) is 3. The zero-order valence-electron chi connectivity index (χ0n) is 15.3. The first-order valence-corrected chi connectivity index (χ1v) is 9.77. The summed E-state index contributed by atoms with van der Waals surface area (Å²) in [4.78, 5) is 24.0. The summed E-state index contributed by atoms with van der Waals surface area (Å²) in [5.41, 5.74) is 1.49. The quantitative estimate of drug-likeness (QED) is 0.527. The molecule has 0 bridgehead atoms. The minimum Gasteiger partial charge on any atom is -0.458 e. The van der Waals surface area contributed by atoms with Crippen molar-refractivity contribution in [2.24, 2.45) is 28.6 Å². The van der Waals surface area contributed by atoms with E-state index in [0.29, 0.717) is 23.5 Å². The summed E-state index contributed by atoms with van der Waals surface area (Å²) >= 11 is 0. The molecule has 0 spiro atoms. The van der Waals surface area contributed by atoms with Crippen molar-refractivity contribution in [3.05, 3.63) is 11.6 Å². The molecule has 0 aliphatic heterocycles. The third-order valence-electron chi connectivity index (χ3n) is 8.05. The van der Waals surface area contributed by atoms with E-state index < -0.39 is 0 Å². The number of ether oxygens (including phenoxy) is 1. The highest BCUT2D eigenvalue weighted by Gasteiger charge is 2.59. The second-order valence-corrected chi connectivity index (χ2v) is 9.10. The van der Waals surface area contributed by atoms with Gasteiger partial charge in [-0.15, -0.1) is 0 Å². The van der Waals surface area contributed by atoms with E-state index in [1.165, 1.54) is 18.9 Å². The fourth-order valence-electron chi connectivity index (χ4n) is 6.85. The van der Waals surface area contributed by atoms with E-state index in [-0.39, 0.29) is 22.9 Å². The Morgan fingerprint density at radius 2 is 1.88 bits per heavy atom. The van der Waals surface area contributed by atoms with Crippen LogP contribution in [0, 0.1) is 28.6 Å². The molecular weight excluding hydrogens is 300 g/mol. The number of hydrogen-bond donors (Lipinski definition) is 0. The number of carbonyl (C=O) groups excluding carboxylic acids is 2. The number of ketones is 1. The summed E-state index contributed by atoms with van der Waals surface area (Å²) in [6.07, 6.45) is 10.8. The van der Waals surface area contributed by atoms with Gasteiger partial charge in [0, 0.05) is 18.8 Å². The minimum absolute atomic E-state index is 0.0132. The molecular formula is C21H30O3. The van der Waals surface area contributed by atoms with Crippen LogP contribution in [0.25, 0.3) is 0 Å². The van der Waals surface area contributed by atoms with Gasteiger partial charge in [-0.1, -0.05) is 19.9 Å². The first kappa shape index (κ1) is 16.4. The molecule has 0 N–H and O–H groups in total. The molecule has 0 aromatic heterocycles. The van der Waals surface area contributed by atoms with Gasteiger partial charge in [0.1, 0.15) is 11.9 Å². The van der Waals surface area contributed by atoms with Crippen LogP contribution in [0.1, 0.15) is 72.1 Å². The fraction of sp³-hybridized carbons (Fsp3) is 0.810. The van der Waals surface area contributed by atoms with Crippen molar-refractivity contribution >= 4 is 11.8 Å². The number of carbonyl (C=O) groups is 2. The molecule has 3 nitrogen and oxygen atoms in total. The van der Waals surface area contributed by atoms with Gasteiger partial charge in [0.05, 0.1) is 0 Å². The molecule has 3 saturated carbocycles. The molecule has 132 valence electrons. The van der Waals surface area contributed by atoms with Gasteiger partial charge in [-0.25, -0.2) is 0 Å². The fourth-order valence-corrected chi connectivity index (χ4v) is 6.85. The molecule has 3 heteroatoms. The summed E-state index contributed by atoms with van der Waals surface area (Å²) < 4.78 is 5.67. The summed E-state index contributed by atoms with van der Waals surface area (Å²) in [5.74, 6) is 2.20. The Bertz CT molecular complexity index is 606. The number of Topliss-reactive ketones (excluding diaryl/α,β-unsaturated/α-hetero) is 1. The molecule has 4 rings (SSSR count). The van der Waals surface area contributed by atoms with Crippen LogP contribution in [0.3, 0.4) is 0 Å². The topological polar surface area (TPSA) is 43.4 Å². The van der Waals surface area contributed by atoms with E-state index in [9.17, 15) is 9.59 Å². The van der Waals surface area contributed by atoms with Gasteiger partial charge in [-0.3, -0.25) is 9.59 Å². The Morgan fingerprint density at radius 3 is 2.62 bits per heavy atom. The predicted octanol–water partition coefficient (Wildman–Crippen LogP) is 4.45. The molecule has 0 radical (unpaired) electrons. The SMILES string of the molecule is CC(=O)O[C@H]1CCC[C@@]2(C)C1=CCC1C2CC[C@]2(C)C(=O)CCC12. The second kappa shape index (κ2) is 5.44. The van der Waals surface area contributed by atoms with Crippen LogP contribution in [0.4, 0.5) is 0 Å². The van der Waals surface area contributed by atoms with E-state index in [2.05, 4.69) is 19.9 Å². The number of esters is 1. The third kappa shape index (κ3) is 2.16. The number of rotatable bonds is 1. The van der Waals surface area contributed by atoms with Crippen molar-refractivity contribution in [3.63, 3.8) is 0 Å². The standard InChI is InChI=1S/C21H30O3/c1-13(22)24-18-5-4-11-20(2)16-10-12-21(3)15(8-9-19(21)23)14(16)6-7-17(18)20/h7,14-16,18H,4-6,8-12H2,1-3H3/t14?,15?,16?,18-,20+,21-/m0/s1. The third-order valence-corrected chi connectivity index (χ3v) is 8.05. The average molecular weight is 330 g/mol. The molecule has 3 fully saturated rings. The maximum atomic E-state index is 12.5. The van der Waals surface area contributed by atoms with Crippen molar-refractivity contribution in [1.29, 1.82) is 0 Å². The highest BCUT2D eigenvalue weighted by atomic mass is 16.5. The summed E-state index contributed by atoms with van der Waals surface area (Å²) in [6.45, 7) is 6.16. The summed E-state index contributed by atoms with van der Waals surface area (Å²) in [5, 5.41) is 0.